The van der Waals surface area contributed by atoms with Crippen LogP contribution in [0.3, 0.4) is 0 Å². The molecular weight excluding hydrogens is 446 g/mol. The van der Waals surface area contributed by atoms with Gasteiger partial charge in [-0.3, -0.25) is 14.2 Å². The number of carbonyl (C=O) groups excluding carboxylic acids is 2. The topological polar surface area (TPSA) is 67.5 Å². The van der Waals surface area contributed by atoms with E-state index < -0.39 is 0 Å². The number of hydrogen-bond donors (Lipinski definition) is 1. The first-order valence-electron chi connectivity index (χ1n) is 10.6. The zero-order valence-corrected chi connectivity index (χ0v) is 20.3. The lowest BCUT2D eigenvalue weighted by molar-refractivity contribution is -0.132. The molecule has 0 aliphatic rings. The van der Waals surface area contributed by atoms with Crippen molar-refractivity contribution < 1.29 is 14.0 Å². The van der Waals surface area contributed by atoms with Crippen LogP contribution in [0.15, 0.2) is 40.8 Å². The summed E-state index contributed by atoms with van der Waals surface area (Å²) in [5, 5.41) is 4.26. The second kappa shape index (κ2) is 9.88. The summed E-state index contributed by atoms with van der Waals surface area (Å²) in [6.07, 6.45) is 1.15. The summed E-state index contributed by atoms with van der Waals surface area (Å²) in [6.45, 7) is 9.86. The van der Waals surface area contributed by atoms with Crippen molar-refractivity contribution in [1.82, 2.24) is 14.8 Å². The lowest BCUT2D eigenvalue weighted by Crippen LogP contribution is -2.40. The first kappa shape index (κ1) is 24.0. The number of benzene rings is 1. The van der Waals surface area contributed by atoms with Crippen molar-refractivity contribution in [1.29, 1.82) is 0 Å². The number of rotatable bonds is 8. The number of nitrogens with one attached hydrogen (secondary N) is 1. The van der Waals surface area contributed by atoms with Gasteiger partial charge in [-0.25, -0.2) is 0 Å². The maximum Gasteiger partial charge on any atom is 0.223 e. The van der Waals surface area contributed by atoms with Gasteiger partial charge >= 0.3 is 0 Å². The lowest BCUT2D eigenvalue weighted by Gasteiger charge is -2.28. The number of fused-ring (bicyclic) bond motifs is 1. The number of hydrogen-bond acceptors (Lipinski definition) is 4. The van der Waals surface area contributed by atoms with Crippen LogP contribution in [-0.4, -0.2) is 46.4 Å². The van der Waals surface area contributed by atoms with Crippen LogP contribution in [0.4, 0.5) is 0 Å². The monoisotopic (exact) mass is 473 g/mol. The summed E-state index contributed by atoms with van der Waals surface area (Å²) in [5.74, 6) is 0.776. The highest BCUT2D eigenvalue weighted by Crippen LogP contribution is 2.31. The van der Waals surface area contributed by atoms with Crippen molar-refractivity contribution in [2.75, 3.05) is 19.6 Å². The van der Waals surface area contributed by atoms with Gasteiger partial charge in [0.05, 0.1) is 11.2 Å². The van der Waals surface area contributed by atoms with E-state index in [9.17, 15) is 9.59 Å². The van der Waals surface area contributed by atoms with Crippen molar-refractivity contribution in [3.8, 4) is 11.3 Å². The molecule has 8 heteroatoms. The summed E-state index contributed by atoms with van der Waals surface area (Å²) in [6, 6.07) is 10.9. The fraction of sp³-hybridized carbons (Fsp3) is 0.375. The first-order chi connectivity index (χ1) is 15.2. The van der Waals surface area contributed by atoms with E-state index in [2.05, 4.69) is 5.32 Å². The van der Waals surface area contributed by atoms with Gasteiger partial charge in [-0.2, -0.15) is 0 Å². The van der Waals surface area contributed by atoms with Crippen LogP contribution >= 0.6 is 23.8 Å². The minimum absolute atomic E-state index is 0.118. The van der Waals surface area contributed by atoms with Gasteiger partial charge in [-0.1, -0.05) is 25.4 Å². The second-order valence-electron chi connectivity index (χ2n) is 8.46. The lowest BCUT2D eigenvalue weighted by atomic mass is 9.88. The minimum Gasteiger partial charge on any atom is -0.454 e. The van der Waals surface area contributed by atoms with E-state index in [1.165, 1.54) is 0 Å². The van der Waals surface area contributed by atoms with Crippen LogP contribution in [-0.2, 0) is 4.79 Å². The van der Waals surface area contributed by atoms with Crippen LogP contribution in [0.5, 0.6) is 0 Å². The van der Waals surface area contributed by atoms with Gasteiger partial charge in [0.25, 0.3) is 0 Å². The second-order valence-corrected chi connectivity index (χ2v) is 9.28. The standard InChI is InChI=1S/C24H28ClN3O3S/c1-5-27(6-2)22(30)13-24(3,4)15-26-23(32)28-18(14-29)11-21-19(28)12-20(31-21)16-7-9-17(25)10-8-16/h7-12,14H,5-6,13,15H2,1-4H3,(H,26,32). The Morgan fingerprint density at radius 2 is 1.88 bits per heavy atom. The summed E-state index contributed by atoms with van der Waals surface area (Å²) < 4.78 is 7.63. The SMILES string of the molecule is CCN(CC)C(=O)CC(C)(C)CNC(=S)n1c(C=O)cc2oc(-c3ccc(Cl)cc3)cc21. The Kier molecular flexibility index (Phi) is 7.41. The highest BCUT2D eigenvalue weighted by atomic mass is 35.5. The van der Waals surface area contributed by atoms with Crippen molar-refractivity contribution in [2.24, 2.45) is 5.41 Å². The molecule has 32 heavy (non-hydrogen) atoms. The Morgan fingerprint density at radius 1 is 1.22 bits per heavy atom. The van der Waals surface area contributed by atoms with E-state index in [1.807, 2.05) is 50.8 Å². The molecule has 0 unspecified atom stereocenters. The third-order valence-electron chi connectivity index (χ3n) is 5.43. The minimum atomic E-state index is -0.317. The summed E-state index contributed by atoms with van der Waals surface area (Å²) >= 11 is 11.6. The third-order valence-corrected chi connectivity index (χ3v) is 6.01. The van der Waals surface area contributed by atoms with Crippen molar-refractivity contribution in [3.63, 3.8) is 0 Å². The molecule has 3 aromatic rings. The summed E-state index contributed by atoms with van der Waals surface area (Å²) in [5.41, 5.74) is 2.22. The highest BCUT2D eigenvalue weighted by Gasteiger charge is 2.25. The van der Waals surface area contributed by atoms with Crippen LogP contribution in [0, 0.1) is 5.41 Å². The van der Waals surface area contributed by atoms with Gasteiger partial charge in [0, 0.05) is 48.8 Å². The van der Waals surface area contributed by atoms with E-state index in [4.69, 9.17) is 28.2 Å². The van der Waals surface area contributed by atoms with E-state index in [1.54, 1.807) is 22.8 Å². The number of aromatic nitrogens is 1. The van der Waals surface area contributed by atoms with Crippen molar-refractivity contribution in [3.05, 3.63) is 47.1 Å². The maximum absolute atomic E-state index is 12.5. The molecule has 2 heterocycles. The number of carbonyl (C=O) groups is 2. The molecular formula is C24H28ClN3O3S. The molecule has 2 aromatic heterocycles. The number of halogens is 1. The molecule has 0 bridgehead atoms. The number of nitrogens with zero attached hydrogens (tertiary/aromatic N) is 2. The third kappa shape index (κ3) is 5.22. The average Bonchev–Trinajstić information content (AvgIpc) is 3.30. The Balaban J connectivity index is 1.80. The molecule has 0 aliphatic heterocycles. The van der Waals surface area contributed by atoms with Gasteiger partial charge < -0.3 is 14.6 Å². The molecule has 0 saturated heterocycles. The molecule has 3 rings (SSSR count). The van der Waals surface area contributed by atoms with Gasteiger partial charge in [0.1, 0.15) is 5.76 Å². The zero-order valence-electron chi connectivity index (χ0n) is 18.8. The van der Waals surface area contributed by atoms with E-state index in [0.717, 1.165) is 11.8 Å². The predicted molar refractivity (Wildman–Crippen MR) is 132 cm³/mol. The van der Waals surface area contributed by atoms with E-state index >= 15 is 0 Å². The van der Waals surface area contributed by atoms with Crippen LogP contribution in [0.1, 0.15) is 44.6 Å². The molecule has 6 nitrogen and oxygen atoms in total. The molecule has 0 aliphatic carbocycles. The van der Waals surface area contributed by atoms with Gasteiger partial charge in [-0.05, 0) is 55.7 Å². The molecule has 0 fully saturated rings. The fourth-order valence-corrected chi connectivity index (χ4v) is 4.04. The number of amides is 1. The van der Waals surface area contributed by atoms with Crippen LogP contribution in [0.2, 0.25) is 5.02 Å². The smallest absolute Gasteiger partial charge is 0.223 e. The first-order valence-corrected chi connectivity index (χ1v) is 11.4. The van der Waals surface area contributed by atoms with Crippen LogP contribution < -0.4 is 5.32 Å². The van der Waals surface area contributed by atoms with Crippen LogP contribution in [0.25, 0.3) is 22.4 Å². The van der Waals surface area contributed by atoms with E-state index in [0.29, 0.717) is 58.7 Å². The molecule has 0 spiro atoms. The number of thiocarbonyl (C=S) groups is 1. The summed E-state index contributed by atoms with van der Waals surface area (Å²) in [7, 11) is 0. The Morgan fingerprint density at radius 3 is 2.47 bits per heavy atom. The van der Waals surface area contributed by atoms with Crippen molar-refractivity contribution >= 4 is 52.2 Å². The molecule has 1 aromatic carbocycles. The number of furan rings is 1. The normalized spacial score (nSPS) is 11.5. The van der Waals surface area contributed by atoms with Gasteiger partial charge in [0.15, 0.2) is 17.0 Å². The summed E-state index contributed by atoms with van der Waals surface area (Å²) in [4.78, 5) is 26.0. The zero-order chi connectivity index (χ0) is 23.5. The number of aldehydes is 1. The molecule has 1 amide bonds. The Bertz CT molecular complexity index is 1130. The molecule has 170 valence electrons. The Hall–Kier alpha value is -2.64. The largest absolute Gasteiger partial charge is 0.454 e. The highest BCUT2D eigenvalue weighted by molar-refractivity contribution is 7.80. The average molecular weight is 474 g/mol. The van der Waals surface area contributed by atoms with Gasteiger partial charge in [0.2, 0.25) is 5.91 Å². The quantitative estimate of drug-likeness (QED) is 0.351. The molecule has 0 saturated carbocycles. The molecule has 0 atom stereocenters. The fourth-order valence-electron chi connectivity index (χ4n) is 3.64. The molecule has 1 N–H and O–H groups in total. The predicted octanol–water partition coefficient (Wildman–Crippen LogP) is 5.37. The maximum atomic E-state index is 12.5. The van der Waals surface area contributed by atoms with Crippen molar-refractivity contribution in [2.45, 2.75) is 34.1 Å². The Labute approximate surface area is 198 Å². The van der Waals surface area contributed by atoms with E-state index in [-0.39, 0.29) is 11.3 Å². The molecule has 0 radical (unpaired) electrons. The van der Waals surface area contributed by atoms with Gasteiger partial charge in [-0.15, -0.1) is 0 Å².